The van der Waals surface area contributed by atoms with Crippen LogP contribution in [-0.4, -0.2) is 40.7 Å². The maximum absolute atomic E-state index is 12.5. The van der Waals surface area contributed by atoms with E-state index in [1.54, 1.807) is 13.8 Å². The van der Waals surface area contributed by atoms with Gasteiger partial charge in [0.05, 0.1) is 23.0 Å². The van der Waals surface area contributed by atoms with E-state index in [0.717, 1.165) is 17.8 Å². The molecule has 2 heterocycles. The number of rotatable bonds is 9. The Bertz CT molecular complexity index is 904. The third-order valence-corrected chi connectivity index (χ3v) is 6.49. The molecule has 7 nitrogen and oxygen atoms in total. The Kier molecular flexibility index (Phi) is 8.06. The maximum Gasteiger partial charge on any atom is 0.348 e. The second kappa shape index (κ2) is 10.1. The highest BCUT2D eigenvalue weighted by molar-refractivity contribution is 8.00. The predicted molar refractivity (Wildman–Crippen MR) is 114 cm³/mol. The third-order valence-electron chi connectivity index (χ3n) is 4.17. The van der Waals surface area contributed by atoms with Gasteiger partial charge in [0.15, 0.2) is 0 Å². The predicted octanol–water partition coefficient (Wildman–Crippen LogP) is 3.43. The normalized spacial score (nSPS) is 12.4. The summed E-state index contributed by atoms with van der Waals surface area (Å²) in [5.41, 5.74) is 0.307. The molecular weight excluding hydrogens is 398 g/mol. The highest BCUT2D eigenvalue weighted by Gasteiger charge is 2.21. The molecule has 0 radical (unpaired) electrons. The number of carbonyl (C=O) groups is 2. The minimum absolute atomic E-state index is 0.0301. The van der Waals surface area contributed by atoms with Gasteiger partial charge in [0.25, 0.3) is 5.56 Å². The molecule has 2 N–H and O–H groups in total. The van der Waals surface area contributed by atoms with Crippen molar-refractivity contribution in [2.75, 3.05) is 18.9 Å². The number of nitrogens with zero attached hydrogens (tertiary/aromatic N) is 1. The SMILES string of the molecule is CCOC(=O)c1sc2nc([C@@H](C)SCC(=O)NCCC(C)C)[nH]c(=O)c2c1C. The molecular formula is C19H27N3O4S2. The number of ether oxygens (including phenoxy) is 1. The highest BCUT2D eigenvalue weighted by Crippen LogP contribution is 2.30. The number of hydrogen-bond acceptors (Lipinski definition) is 7. The molecule has 9 heteroatoms. The van der Waals surface area contributed by atoms with Crippen LogP contribution in [0.1, 0.15) is 60.4 Å². The summed E-state index contributed by atoms with van der Waals surface area (Å²) in [6, 6.07) is 0. The molecule has 1 atom stereocenters. The summed E-state index contributed by atoms with van der Waals surface area (Å²) in [5.74, 6) is 0.858. The van der Waals surface area contributed by atoms with Crippen molar-refractivity contribution in [1.82, 2.24) is 15.3 Å². The van der Waals surface area contributed by atoms with E-state index in [2.05, 4.69) is 29.1 Å². The van der Waals surface area contributed by atoms with Crippen LogP contribution in [0.25, 0.3) is 10.2 Å². The molecule has 154 valence electrons. The zero-order chi connectivity index (χ0) is 20.8. The third kappa shape index (κ3) is 5.57. The number of hydrogen-bond donors (Lipinski definition) is 2. The van der Waals surface area contributed by atoms with Crippen molar-refractivity contribution in [2.45, 2.75) is 46.3 Å². The van der Waals surface area contributed by atoms with E-state index in [0.29, 0.717) is 44.7 Å². The molecule has 0 bridgehead atoms. The minimum Gasteiger partial charge on any atom is -0.462 e. The molecule has 0 aliphatic rings. The first-order chi connectivity index (χ1) is 13.2. The summed E-state index contributed by atoms with van der Waals surface area (Å²) < 4.78 is 5.05. The van der Waals surface area contributed by atoms with Gasteiger partial charge in [-0.3, -0.25) is 9.59 Å². The number of aromatic nitrogens is 2. The molecule has 2 rings (SSSR count). The largest absolute Gasteiger partial charge is 0.462 e. The Labute approximate surface area is 172 Å². The first-order valence-electron chi connectivity index (χ1n) is 9.33. The second-order valence-corrected chi connectivity index (χ2v) is 9.22. The fraction of sp³-hybridized carbons (Fsp3) is 0.579. The fourth-order valence-corrected chi connectivity index (χ4v) is 4.43. The standard InChI is InChI=1S/C19H27N3O4S2/c1-6-26-19(25)15-11(4)14-17(24)21-16(22-18(14)28-15)12(5)27-9-13(23)20-8-7-10(2)3/h10,12H,6-9H2,1-5H3,(H,20,23)(H,21,22,24)/t12-/m1/s1. The summed E-state index contributed by atoms with van der Waals surface area (Å²) >= 11 is 2.57. The average Bonchev–Trinajstić information content (AvgIpc) is 2.96. The number of thiophene rings is 1. The van der Waals surface area contributed by atoms with Crippen LogP contribution in [0.4, 0.5) is 0 Å². The zero-order valence-corrected chi connectivity index (χ0v) is 18.5. The van der Waals surface area contributed by atoms with E-state index >= 15 is 0 Å². The molecule has 0 aliphatic carbocycles. The van der Waals surface area contributed by atoms with Gasteiger partial charge in [0.2, 0.25) is 5.91 Å². The Hall–Kier alpha value is -1.87. The second-order valence-electron chi connectivity index (χ2n) is 6.89. The van der Waals surface area contributed by atoms with Crippen molar-refractivity contribution in [3.8, 4) is 0 Å². The van der Waals surface area contributed by atoms with Gasteiger partial charge < -0.3 is 15.0 Å². The van der Waals surface area contributed by atoms with E-state index < -0.39 is 5.97 Å². The smallest absolute Gasteiger partial charge is 0.348 e. The molecule has 0 saturated heterocycles. The summed E-state index contributed by atoms with van der Waals surface area (Å²) in [4.78, 5) is 44.8. The van der Waals surface area contributed by atoms with Gasteiger partial charge in [-0.15, -0.1) is 23.1 Å². The van der Waals surface area contributed by atoms with Crippen molar-refractivity contribution < 1.29 is 14.3 Å². The zero-order valence-electron chi connectivity index (χ0n) is 16.9. The molecule has 28 heavy (non-hydrogen) atoms. The molecule has 0 fully saturated rings. The number of thioether (sulfide) groups is 1. The van der Waals surface area contributed by atoms with Gasteiger partial charge in [0, 0.05) is 6.54 Å². The highest BCUT2D eigenvalue weighted by atomic mass is 32.2. The number of H-pyrrole nitrogens is 1. The number of aromatic amines is 1. The van der Waals surface area contributed by atoms with Crippen LogP contribution in [-0.2, 0) is 9.53 Å². The van der Waals surface area contributed by atoms with Crippen LogP contribution in [0.3, 0.4) is 0 Å². The van der Waals surface area contributed by atoms with E-state index in [1.807, 2.05) is 6.92 Å². The van der Waals surface area contributed by atoms with Gasteiger partial charge in [-0.05, 0) is 38.7 Å². The van der Waals surface area contributed by atoms with E-state index in [1.165, 1.54) is 11.8 Å². The average molecular weight is 426 g/mol. The molecule has 0 spiro atoms. The summed E-state index contributed by atoms with van der Waals surface area (Å²) in [6.45, 7) is 10.5. The van der Waals surface area contributed by atoms with Gasteiger partial charge in [0.1, 0.15) is 15.5 Å². The van der Waals surface area contributed by atoms with Gasteiger partial charge >= 0.3 is 5.97 Å². The van der Waals surface area contributed by atoms with Crippen molar-refractivity contribution >= 4 is 45.2 Å². The minimum atomic E-state index is -0.440. The van der Waals surface area contributed by atoms with Crippen molar-refractivity contribution in [3.63, 3.8) is 0 Å². The molecule has 1 amide bonds. The Morgan fingerprint density at radius 2 is 2.04 bits per heavy atom. The van der Waals surface area contributed by atoms with Crippen LogP contribution < -0.4 is 10.9 Å². The first-order valence-corrected chi connectivity index (χ1v) is 11.2. The van der Waals surface area contributed by atoms with E-state index in [-0.39, 0.29) is 23.3 Å². The maximum atomic E-state index is 12.5. The van der Waals surface area contributed by atoms with Crippen LogP contribution in [0.15, 0.2) is 4.79 Å². The lowest BCUT2D eigenvalue weighted by Crippen LogP contribution is -2.27. The van der Waals surface area contributed by atoms with Crippen molar-refractivity contribution in [2.24, 2.45) is 5.92 Å². The quantitative estimate of drug-likeness (QED) is 0.597. The van der Waals surface area contributed by atoms with E-state index in [4.69, 9.17) is 4.74 Å². The van der Waals surface area contributed by atoms with Gasteiger partial charge in [-0.25, -0.2) is 9.78 Å². The lowest BCUT2D eigenvalue weighted by Gasteiger charge is -2.11. The molecule has 0 unspecified atom stereocenters. The van der Waals surface area contributed by atoms with Crippen LogP contribution >= 0.6 is 23.1 Å². The number of esters is 1. The lowest BCUT2D eigenvalue weighted by molar-refractivity contribution is -0.118. The topological polar surface area (TPSA) is 101 Å². The molecule has 2 aromatic rings. The lowest BCUT2D eigenvalue weighted by atomic mass is 10.1. The summed E-state index contributed by atoms with van der Waals surface area (Å²) in [7, 11) is 0. The van der Waals surface area contributed by atoms with Crippen LogP contribution in [0, 0.1) is 12.8 Å². The first kappa shape index (κ1) is 22.4. The number of amides is 1. The number of carbonyl (C=O) groups excluding carboxylic acids is 2. The molecule has 0 aliphatic heterocycles. The molecule has 0 saturated carbocycles. The Morgan fingerprint density at radius 3 is 2.68 bits per heavy atom. The van der Waals surface area contributed by atoms with Gasteiger partial charge in [-0.2, -0.15) is 0 Å². The van der Waals surface area contributed by atoms with Gasteiger partial charge in [-0.1, -0.05) is 13.8 Å². The number of aryl methyl sites for hydroxylation is 1. The summed E-state index contributed by atoms with van der Waals surface area (Å²) in [6.07, 6.45) is 0.942. The van der Waals surface area contributed by atoms with Crippen LogP contribution in [0.2, 0.25) is 0 Å². The van der Waals surface area contributed by atoms with E-state index in [9.17, 15) is 14.4 Å². The van der Waals surface area contributed by atoms with Crippen molar-refractivity contribution in [1.29, 1.82) is 0 Å². The summed E-state index contributed by atoms with van der Waals surface area (Å²) in [5, 5.41) is 3.15. The fourth-order valence-electron chi connectivity index (χ4n) is 2.58. The Balaban J connectivity index is 2.11. The molecule has 0 aromatic carbocycles. The van der Waals surface area contributed by atoms with Crippen LogP contribution in [0.5, 0.6) is 0 Å². The van der Waals surface area contributed by atoms with Crippen molar-refractivity contribution in [3.05, 3.63) is 26.6 Å². The molecule has 2 aromatic heterocycles. The Morgan fingerprint density at radius 1 is 1.32 bits per heavy atom. The number of nitrogens with one attached hydrogen (secondary N) is 2. The monoisotopic (exact) mass is 425 g/mol. The number of fused-ring (bicyclic) bond motifs is 1.